The molecule has 2 heterocycles. The Kier molecular flexibility index (Phi) is 2.87. The standard InChI is InChI=1S/C20H15N5/c21-15-3-1-2-14(8-15)20-24-17-7-5-13(10-19(17)25-20)12-4-6-16-18(9-12)23-11-22-16/h1-11H,21H2,(H,22,23)(H,24,25). The van der Waals surface area contributed by atoms with Crippen molar-refractivity contribution in [1.29, 1.82) is 0 Å². The molecular formula is C20H15N5. The van der Waals surface area contributed by atoms with Crippen molar-refractivity contribution in [2.24, 2.45) is 0 Å². The molecule has 0 aliphatic rings. The van der Waals surface area contributed by atoms with Crippen LogP contribution in [0.3, 0.4) is 0 Å². The maximum absolute atomic E-state index is 5.88. The molecule has 0 spiro atoms. The fourth-order valence-corrected chi connectivity index (χ4v) is 3.13. The molecule has 5 aromatic rings. The topological polar surface area (TPSA) is 83.4 Å². The molecule has 120 valence electrons. The van der Waals surface area contributed by atoms with Gasteiger partial charge >= 0.3 is 0 Å². The normalized spacial score (nSPS) is 11.4. The summed E-state index contributed by atoms with van der Waals surface area (Å²) < 4.78 is 0. The quantitative estimate of drug-likeness (QED) is 0.422. The first-order valence-corrected chi connectivity index (χ1v) is 8.05. The molecule has 5 nitrogen and oxygen atoms in total. The minimum atomic E-state index is 0.728. The molecule has 5 rings (SSSR count). The minimum absolute atomic E-state index is 0.728. The fourth-order valence-electron chi connectivity index (χ4n) is 3.13. The van der Waals surface area contributed by atoms with Crippen LogP contribution in [0.1, 0.15) is 0 Å². The van der Waals surface area contributed by atoms with Crippen LogP contribution in [0.4, 0.5) is 5.69 Å². The van der Waals surface area contributed by atoms with Gasteiger partial charge < -0.3 is 15.7 Å². The van der Waals surface area contributed by atoms with E-state index >= 15 is 0 Å². The van der Waals surface area contributed by atoms with E-state index in [0.717, 1.165) is 50.3 Å². The molecule has 0 unspecified atom stereocenters. The van der Waals surface area contributed by atoms with E-state index in [4.69, 9.17) is 5.73 Å². The molecule has 0 saturated carbocycles. The van der Waals surface area contributed by atoms with Crippen LogP contribution < -0.4 is 5.73 Å². The number of nitrogens with two attached hydrogens (primary N) is 1. The van der Waals surface area contributed by atoms with Crippen LogP contribution in [-0.2, 0) is 0 Å². The Bertz CT molecular complexity index is 1220. The Morgan fingerprint density at radius 3 is 2.40 bits per heavy atom. The molecule has 0 aliphatic carbocycles. The van der Waals surface area contributed by atoms with Gasteiger partial charge in [-0.1, -0.05) is 24.3 Å². The number of imidazole rings is 2. The van der Waals surface area contributed by atoms with Crippen molar-refractivity contribution in [3.8, 4) is 22.5 Å². The van der Waals surface area contributed by atoms with Gasteiger partial charge in [0.2, 0.25) is 0 Å². The molecule has 0 aliphatic heterocycles. The number of nitrogens with one attached hydrogen (secondary N) is 2. The largest absolute Gasteiger partial charge is 0.399 e. The van der Waals surface area contributed by atoms with Gasteiger partial charge in [0.05, 0.1) is 28.4 Å². The third kappa shape index (κ3) is 2.33. The van der Waals surface area contributed by atoms with E-state index in [1.807, 2.05) is 36.4 Å². The number of nitrogen functional groups attached to an aromatic ring is 1. The van der Waals surface area contributed by atoms with E-state index in [2.05, 4.69) is 44.2 Å². The molecule has 25 heavy (non-hydrogen) atoms. The van der Waals surface area contributed by atoms with E-state index in [1.54, 1.807) is 6.33 Å². The predicted octanol–water partition coefficient (Wildman–Crippen LogP) is 4.36. The number of fused-ring (bicyclic) bond motifs is 2. The van der Waals surface area contributed by atoms with Crippen molar-refractivity contribution in [2.75, 3.05) is 5.73 Å². The number of nitrogens with zero attached hydrogens (tertiary/aromatic N) is 2. The summed E-state index contributed by atoms with van der Waals surface area (Å²) >= 11 is 0. The number of hydrogen-bond acceptors (Lipinski definition) is 3. The zero-order chi connectivity index (χ0) is 16.8. The van der Waals surface area contributed by atoms with E-state index in [0.29, 0.717) is 0 Å². The third-order valence-electron chi connectivity index (χ3n) is 4.40. The van der Waals surface area contributed by atoms with Crippen LogP contribution in [0.5, 0.6) is 0 Å². The van der Waals surface area contributed by atoms with Gasteiger partial charge in [0.25, 0.3) is 0 Å². The third-order valence-corrected chi connectivity index (χ3v) is 4.40. The first kappa shape index (κ1) is 13.8. The number of rotatable bonds is 2. The smallest absolute Gasteiger partial charge is 0.138 e. The molecule has 0 amide bonds. The van der Waals surface area contributed by atoms with Crippen LogP contribution >= 0.6 is 0 Å². The first-order chi connectivity index (χ1) is 12.3. The average molecular weight is 325 g/mol. The highest BCUT2D eigenvalue weighted by Crippen LogP contribution is 2.28. The van der Waals surface area contributed by atoms with Gasteiger partial charge in [-0.15, -0.1) is 0 Å². The second kappa shape index (κ2) is 5.21. The summed E-state index contributed by atoms with van der Waals surface area (Å²) in [7, 11) is 0. The lowest BCUT2D eigenvalue weighted by Crippen LogP contribution is -1.86. The number of aromatic nitrogens is 4. The van der Waals surface area contributed by atoms with Crippen molar-refractivity contribution < 1.29 is 0 Å². The molecule has 5 heteroatoms. The number of aromatic amines is 2. The second-order valence-electron chi connectivity index (χ2n) is 6.08. The molecule has 0 radical (unpaired) electrons. The Hall–Kier alpha value is -3.60. The molecule has 0 atom stereocenters. The minimum Gasteiger partial charge on any atom is -0.399 e. The van der Waals surface area contributed by atoms with Crippen molar-refractivity contribution in [3.05, 3.63) is 67.0 Å². The number of hydrogen-bond donors (Lipinski definition) is 3. The molecule has 3 aromatic carbocycles. The fraction of sp³-hybridized carbons (Fsp3) is 0. The van der Waals surface area contributed by atoms with Gasteiger partial charge in [-0.2, -0.15) is 0 Å². The summed E-state index contributed by atoms with van der Waals surface area (Å²) in [5.41, 5.74) is 13.8. The van der Waals surface area contributed by atoms with Gasteiger partial charge in [0, 0.05) is 11.3 Å². The van der Waals surface area contributed by atoms with Gasteiger partial charge in [0.1, 0.15) is 5.82 Å². The maximum Gasteiger partial charge on any atom is 0.138 e. The van der Waals surface area contributed by atoms with Crippen LogP contribution in [-0.4, -0.2) is 19.9 Å². The van der Waals surface area contributed by atoms with Crippen molar-refractivity contribution >= 4 is 27.8 Å². The predicted molar refractivity (Wildman–Crippen MR) is 101 cm³/mol. The van der Waals surface area contributed by atoms with Crippen LogP contribution in [0.25, 0.3) is 44.6 Å². The number of benzene rings is 3. The molecule has 0 saturated heterocycles. The van der Waals surface area contributed by atoms with E-state index in [1.165, 1.54) is 0 Å². The summed E-state index contributed by atoms with van der Waals surface area (Å²) in [6.07, 6.45) is 1.71. The molecular weight excluding hydrogens is 310 g/mol. The number of anilines is 1. The molecule has 4 N–H and O–H groups in total. The highest BCUT2D eigenvalue weighted by atomic mass is 14.9. The van der Waals surface area contributed by atoms with E-state index in [-0.39, 0.29) is 0 Å². The summed E-state index contributed by atoms with van der Waals surface area (Å²) in [5, 5.41) is 0. The lowest BCUT2D eigenvalue weighted by Gasteiger charge is -2.01. The van der Waals surface area contributed by atoms with Gasteiger partial charge in [-0.05, 0) is 47.5 Å². The van der Waals surface area contributed by atoms with Gasteiger partial charge in [0.15, 0.2) is 0 Å². The molecule has 2 aromatic heterocycles. The lowest BCUT2D eigenvalue weighted by molar-refractivity contribution is 1.34. The second-order valence-corrected chi connectivity index (χ2v) is 6.08. The van der Waals surface area contributed by atoms with E-state index in [9.17, 15) is 0 Å². The summed E-state index contributed by atoms with van der Waals surface area (Å²) in [6, 6.07) is 20.2. The highest BCUT2D eigenvalue weighted by molar-refractivity contribution is 5.87. The maximum atomic E-state index is 5.88. The molecule has 0 fully saturated rings. The zero-order valence-electron chi connectivity index (χ0n) is 13.3. The lowest BCUT2D eigenvalue weighted by atomic mass is 10.0. The van der Waals surface area contributed by atoms with Crippen LogP contribution in [0.15, 0.2) is 67.0 Å². The average Bonchev–Trinajstić information content (AvgIpc) is 3.27. The summed E-state index contributed by atoms with van der Waals surface area (Å²) in [5.74, 6) is 0.823. The van der Waals surface area contributed by atoms with Gasteiger partial charge in [-0.25, -0.2) is 9.97 Å². The van der Waals surface area contributed by atoms with Crippen molar-refractivity contribution in [2.45, 2.75) is 0 Å². The summed E-state index contributed by atoms with van der Waals surface area (Å²) in [6.45, 7) is 0. The van der Waals surface area contributed by atoms with Crippen LogP contribution in [0, 0.1) is 0 Å². The highest BCUT2D eigenvalue weighted by Gasteiger charge is 2.08. The SMILES string of the molecule is Nc1cccc(-c2nc3ccc(-c4ccc5nc[nH]c5c4)cc3[nH]2)c1. The molecule has 0 bridgehead atoms. The Labute approximate surface area is 143 Å². The first-order valence-electron chi connectivity index (χ1n) is 8.05. The Balaban J connectivity index is 1.61. The summed E-state index contributed by atoms with van der Waals surface area (Å²) in [4.78, 5) is 15.5. The van der Waals surface area contributed by atoms with Crippen molar-refractivity contribution in [1.82, 2.24) is 19.9 Å². The Morgan fingerprint density at radius 2 is 1.56 bits per heavy atom. The monoisotopic (exact) mass is 325 g/mol. The van der Waals surface area contributed by atoms with Gasteiger partial charge in [-0.3, -0.25) is 0 Å². The number of H-pyrrole nitrogens is 2. The Morgan fingerprint density at radius 1 is 0.760 bits per heavy atom. The van der Waals surface area contributed by atoms with Crippen LogP contribution in [0.2, 0.25) is 0 Å². The zero-order valence-corrected chi connectivity index (χ0v) is 13.3. The van der Waals surface area contributed by atoms with E-state index < -0.39 is 0 Å². The van der Waals surface area contributed by atoms with Crippen molar-refractivity contribution in [3.63, 3.8) is 0 Å².